The second kappa shape index (κ2) is 3.95. The van der Waals surface area contributed by atoms with Gasteiger partial charge in [0.15, 0.2) is 0 Å². The van der Waals surface area contributed by atoms with Gasteiger partial charge in [0.05, 0.1) is 12.2 Å². The summed E-state index contributed by atoms with van der Waals surface area (Å²) < 4.78 is 5.34. The van der Waals surface area contributed by atoms with Gasteiger partial charge in [-0.05, 0) is 25.0 Å². The van der Waals surface area contributed by atoms with Gasteiger partial charge in [0.1, 0.15) is 0 Å². The zero-order valence-electron chi connectivity index (χ0n) is 8.75. The minimum atomic E-state index is 0.188. The number of benzene rings is 1. The number of epoxide rings is 1. The summed E-state index contributed by atoms with van der Waals surface area (Å²) in [5.74, 6) is 2.22. The van der Waals surface area contributed by atoms with E-state index in [1.807, 2.05) is 11.8 Å². The van der Waals surface area contributed by atoms with Crippen LogP contribution in [-0.2, 0) is 10.5 Å². The smallest absolute Gasteiger partial charge is 0.0978 e. The van der Waals surface area contributed by atoms with Crippen molar-refractivity contribution < 1.29 is 4.74 Å². The molecule has 1 unspecified atom stereocenters. The fourth-order valence-electron chi connectivity index (χ4n) is 1.36. The molecule has 0 bridgehead atoms. The van der Waals surface area contributed by atoms with Crippen LogP contribution in [-0.4, -0.2) is 18.0 Å². The number of aryl methyl sites for hydroxylation is 1. The second-order valence-corrected chi connectivity index (χ2v) is 5.14. The molecule has 1 atom stereocenters. The predicted octanol–water partition coefficient (Wildman–Crippen LogP) is 3.02. The zero-order chi connectivity index (χ0) is 10.0. The van der Waals surface area contributed by atoms with Crippen molar-refractivity contribution in [2.75, 3.05) is 12.4 Å². The van der Waals surface area contributed by atoms with E-state index in [1.165, 1.54) is 11.1 Å². The van der Waals surface area contributed by atoms with Gasteiger partial charge in [-0.1, -0.05) is 24.3 Å². The Morgan fingerprint density at radius 1 is 1.43 bits per heavy atom. The molecule has 1 aliphatic heterocycles. The summed E-state index contributed by atoms with van der Waals surface area (Å²) >= 11 is 1.96. The van der Waals surface area contributed by atoms with E-state index in [0.29, 0.717) is 0 Å². The molecule has 1 saturated heterocycles. The fraction of sp³-hybridized carbons (Fsp3) is 0.500. The molecule has 1 fully saturated rings. The highest BCUT2D eigenvalue weighted by Crippen LogP contribution is 2.31. The molecular weight excluding hydrogens is 192 g/mol. The number of rotatable bonds is 4. The molecule has 1 aliphatic rings. The minimum absolute atomic E-state index is 0.188. The van der Waals surface area contributed by atoms with E-state index in [-0.39, 0.29) is 5.60 Å². The van der Waals surface area contributed by atoms with Gasteiger partial charge in [0, 0.05) is 11.5 Å². The molecule has 1 nitrogen and oxygen atoms in total. The normalized spacial score (nSPS) is 25.0. The first-order valence-electron chi connectivity index (χ1n) is 4.96. The molecule has 0 N–H and O–H groups in total. The Balaban J connectivity index is 1.83. The highest BCUT2D eigenvalue weighted by atomic mass is 32.2. The molecule has 1 aromatic rings. The van der Waals surface area contributed by atoms with Gasteiger partial charge < -0.3 is 4.74 Å². The summed E-state index contributed by atoms with van der Waals surface area (Å²) in [5.41, 5.74) is 3.02. The lowest BCUT2D eigenvalue weighted by Crippen LogP contribution is -2.07. The Kier molecular flexibility index (Phi) is 2.84. The molecule has 0 spiro atoms. The predicted molar refractivity (Wildman–Crippen MR) is 61.7 cm³/mol. The van der Waals surface area contributed by atoms with Crippen molar-refractivity contribution in [2.45, 2.75) is 25.2 Å². The molecule has 0 amide bonds. The Morgan fingerprint density at radius 3 is 2.79 bits per heavy atom. The van der Waals surface area contributed by atoms with Crippen molar-refractivity contribution in [2.24, 2.45) is 0 Å². The van der Waals surface area contributed by atoms with E-state index < -0.39 is 0 Å². The fourth-order valence-corrected chi connectivity index (χ4v) is 2.60. The Hall–Kier alpha value is -0.470. The first-order chi connectivity index (χ1) is 6.70. The van der Waals surface area contributed by atoms with Crippen LogP contribution in [0.2, 0.25) is 0 Å². The van der Waals surface area contributed by atoms with Gasteiger partial charge in [-0.15, -0.1) is 0 Å². The zero-order valence-corrected chi connectivity index (χ0v) is 9.56. The maximum atomic E-state index is 5.34. The van der Waals surface area contributed by atoms with Gasteiger partial charge in [-0.3, -0.25) is 0 Å². The van der Waals surface area contributed by atoms with Crippen molar-refractivity contribution in [3.05, 3.63) is 35.4 Å². The maximum absolute atomic E-state index is 5.34. The Bertz CT molecular complexity index is 318. The van der Waals surface area contributed by atoms with Crippen LogP contribution in [0.15, 0.2) is 24.3 Å². The van der Waals surface area contributed by atoms with Crippen molar-refractivity contribution in [3.63, 3.8) is 0 Å². The molecule has 0 aliphatic carbocycles. The number of hydrogen-bond donors (Lipinski definition) is 0. The van der Waals surface area contributed by atoms with Gasteiger partial charge in [-0.25, -0.2) is 0 Å². The van der Waals surface area contributed by atoms with Crippen LogP contribution in [0.5, 0.6) is 0 Å². The molecule has 2 rings (SSSR count). The van der Waals surface area contributed by atoms with E-state index in [1.54, 1.807) is 0 Å². The summed E-state index contributed by atoms with van der Waals surface area (Å²) in [6.07, 6.45) is 0. The average Bonchev–Trinajstić information content (AvgIpc) is 2.88. The standard InChI is InChI=1S/C12H16OS/c1-10-5-3-4-6-11(10)7-14-9-12(2)8-13-12/h3-6H,7-9H2,1-2H3. The summed E-state index contributed by atoms with van der Waals surface area (Å²) in [6, 6.07) is 8.58. The van der Waals surface area contributed by atoms with Crippen molar-refractivity contribution in [1.82, 2.24) is 0 Å². The van der Waals surface area contributed by atoms with Gasteiger partial charge in [-0.2, -0.15) is 11.8 Å². The van der Waals surface area contributed by atoms with E-state index >= 15 is 0 Å². The maximum Gasteiger partial charge on any atom is 0.0978 e. The highest BCUT2D eigenvalue weighted by molar-refractivity contribution is 7.98. The SMILES string of the molecule is Cc1ccccc1CSCC1(C)CO1. The molecule has 0 saturated carbocycles. The third kappa shape index (κ3) is 2.52. The van der Waals surface area contributed by atoms with E-state index in [0.717, 1.165) is 18.1 Å². The lowest BCUT2D eigenvalue weighted by atomic mass is 10.1. The molecule has 0 radical (unpaired) electrons. The first-order valence-corrected chi connectivity index (χ1v) is 6.11. The Morgan fingerprint density at radius 2 is 2.14 bits per heavy atom. The van der Waals surface area contributed by atoms with Crippen LogP contribution in [0.4, 0.5) is 0 Å². The third-order valence-corrected chi connectivity index (χ3v) is 3.89. The first kappa shape index (κ1) is 10.1. The average molecular weight is 208 g/mol. The molecule has 1 aromatic carbocycles. The van der Waals surface area contributed by atoms with Crippen LogP contribution in [0.1, 0.15) is 18.1 Å². The monoisotopic (exact) mass is 208 g/mol. The second-order valence-electron chi connectivity index (χ2n) is 4.16. The molecule has 76 valence electrons. The van der Waals surface area contributed by atoms with Crippen LogP contribution < -0.4 is 0 Å². The van der Waals surface area contributed by atoms with Crippen LogP contribution in [0.25, 0.3) is 0 Å². The summed E-state index contributed by atoms with van der Waals surface area (Å²) in [5, 5.41) is 0. The molecule has 1 heterocycles. The quantitative estimate of drug-likeness (QED) is 0.705. The van der Waals surface area contributed by atoms with E-state index in [4.69, 9.17) is 4.74 Å². The topological polar surface area (TPSA) is 12.5 Å². The number of hydrogen-bond acceptors (Lipinski definition) is 2. The highest BCUT2D eigenvalue weighted by Gasteiger charge is 2.38. The lowest BCUT2D eigenvalue weighted by molar-refractivity contribution is 0.348. The number of ether oxygens (including phenoxy) is 1. The molecule has 0 aromatic heterocycles. The minimum Gasteiger partial charge on any atom is -0.369 e. The Labute approximate surface area is 89.9 Å². The molecule has 2 heteroatoms. The lowest BCUT2D eigenvalue weighted by Gasteiger charge is -2.06. The summed E-state index contributed by atoms with van der Waals surface area (Å²) in [7, 11) is 0. The molecular formula is C12H16OS. The summed E-state index contributed by atoms with van der Waals surface area (Å²) in [4.78, 5) is 0. The third-order valence-electron chi connectivity index (χ3n) is 2.56. The van der Waals surface area contributed by atoms with Gasteiger partial charge in [0.2, 0.25) is 0 Å². The van der Waals surface area contributed by atoms with Crippen molar-refractivity contribution in [3.8, 4) is 0 Å². The van der Waals surface area contributed by atoms with Crippen LogP contribution >= 0.6 is 11.8 Å². The van der Waals surface area contributed by atoms with Gasteiger partial charge >= 0.3 is 0 Å². The number of thioether (sulfide) groups is 1. The molecule has 14 heavy (non-hydrogen) atoms. The largest absolute Gasteiger partial charge is 0.369 e. The van der Waals surface area contributed by atoms with Crippen molar-refractivity contribution >= 4 is 11.8 Å². The van der Waals surface area contributed by atoms with Crippen LogP contribution in [0, 0.1) is 6.92 Å². The summed E-state index contributed by atoms with van der Waals surface area (Å²) in [6.45, 7) is 5.29. The van der Waals surface area contributed by atoms with Gasteiger partial charge in [0.25, 0.3) is 0 Å². The van der Waals surface area contributed by atoms with E-state index in [2.05, 4.69) is 38.1 Å². The van der Waals surface area contributed by atoms with E-state index in [9.17, 15) is 0 Å². The van der Waals surface area contributed by atoms with Crippen molar-refractivity contribution in [1.29, 1.82) is 0 Å². The van der Waals surface area contributed by atoms with Crippen LogP contribution in [0.3, 0.4) is 0 Å².